The van der Waals surface area contributed by atoms with Crippen molar-refractivity contribution in [2.75, 3.05) is 50.1 Å². The molecule has 1 saturated heterocycles. The fourth-order valence-corrected chi connectivity index (χ4v) is 4.55. The second kappa shape index (κ2) is 11.9. The van der Waals surface area contributed by atoms with Crippen molar-refractivity contribution in [2.24, 2.45) is 0 Å². The lowest BCUT2D eigenvalue weighted by molar-refractivity contribution is -0.118. The Labute approximate surface area is 216 Å². The summed E-state index contributed by atoms with van der Waals surface area (Å²) in [5, 5.41) is 2.90. The highest BCUT2D eigenvalue weighted by Gasteiger charge is 2.22. The van der Waals surface area contributed by atoms with Crippen molar-refractivity contribution in [3.63, 3.8) is 0 Å². The number of nitrogens with one attached hydrogen (secondary N) is 1. The van der Waals surface area contributed by atoms with Gasteiger partial charge in [-0.05, 0) is 48.4 Å². The minimum Gasteiger partial charge on any atom is -0.493 e. The Morgan fingerprint density at radius 3 is 2.44 bits per heavy atom. The Balaban J connectivity index is 1.35. The van der Waals surface area contributed by atoms with Crippen LogP contribution in [0.5, 0.6) is 11.5 Å². The number of methoxy groups -OCH3 is 1. The van der Waals surface area contributed by atoms with E-state index in [2.05, 4.69) is 10.2 Å². The van der Waals surface area contributed by atoms with E-state index < -0.39 is 0 Å². The van der Waals surface area contributed by atoms with Gasteiger partial charge in [-0.25, -0.2) is 4.39 Å². The maximum atomic E-state index is 14.1. The zero-order valence-electron chi connectivity index (χ0n) is 20.5. The first-order valence-corrected chi connectivity index (χ1v) is 12.4. The molecule has 0 bridgehead atoms. The SMILES string of the molecule is CCc1ccccc1NC(=O)COc1ccc(C(=S)N2CCN(c3ccccc3F)CC2)cc1OC. The number of hydrogen-bond acceptors (Lipinski definition) is 5. The number of rotatable bonds is 8. The molecule has 3 aromatic carbocycles. The van der Waals surface area contributed by atoms with Crippen LogP contribution in [0.2, 0.25) is 0 Å². The van der Waals surface area contributed by atoms with Crippen LogP contribution in [-0.4, -0.2) is 55.7 Å². The number of anilines is 2. The predicted octanol–water partition coefficient (Wildman–Crippen LogP) is 4.91. The molecule has 1 heterocycles. The van der Waals surface area contributed by atoms with Crippen molar-refractivity contribution >= 4 is 34.5 Å². The van der Waals surface area contributed by atoms with Gasteiger partial charge in [-0.3, -0.25) is 4.79 Å². The molecule has 4 rings (SSSR count). The average Bonchev–Trinajstić information content (AvgIpc) is 2.92. The molecule has 0 saturated carbocycles. The summed E-state index contributed by atoms with van der Waals surface area (Å²) in [6.07, 6.45) is 0.824. The number of carbonyl (C=O) groups is 1. The Hall–Kier alpha value is -3.65. The molecule has 1 aliphatic heterocycles. The van der Waals surface area contributed by atoms with Crippen LogP contribution in [0.1, 0.15) is 18.1 Å². The molecule has 1 aliphatic rings. The van der Waals surface area contributed by atoms with Gasteiger partial charge in [0, 0.05) is 37.4 Å². The third-order valence-electron chi connectivity index (χ3n) is 6.20. The van der Waals surface area contributed by atoms with Gasteiger partial charge >= 0.3 is 0 Å². The molecule has 3 aromatic rings. The van der Waals surface area contributed by atoms with E-state index in [1.165, 1.54) is 6.07 Å². The topological polar surface area (TPSA) is 54.0 Å². The van der Waals surface area contributed by atoms with E-state index in [0.717, 1.165) is 23.2 Å². The summed E-state index contributed by atoms with van der Waals surface area (Å²) in [7, 11) is 1.56. The van der Waals surface area contributed by atoms with Crippen molar-refractivity contribution in [3.05, 3.63) is 83.7 Å². The number of benzene rings is 3. The lowest BCUT2D eigenvalue weighted by Crippen LogP contribution is -2.48. The maximum Gasteiger partial charge on any atom is 0.262 e. The number of amides is 1. The number of nitrogens with zero attached hydrogens (tertiary/aromatic N) is 2. The fourth-order valence-electron chi connectivity index (χ4n) is 4.24. The first kappa shape index (κ1) is 25.4. The highest BCUT2D eigenvalue weighted by atomic mass is 32.1. The monoisotopic (exact) mass is 507 g/mol. The highest BCUT2D eigenvalue weighted by molar-refractivity contribution is 7.80. The number of aryl methyl sites for hydroxylation is 1. The van der Waals surface area contributed by atoms with Crippen LogP contribution in [0.3, 0.4) is 0 Å². The first-order chi connectivity index (χ1) is 17.5. The van der Waals surface area contributed by atoms with E-state index in [9.17, 15) is 9.18 Å². The largest absolute Gasteiger partial charge is 0.493 e. The van der Waals surface area contributed by atoms with Gasteiger partial charge < -0.3 is 24.6 Å². The smallest absolute Gasteiger partial charge is 0.262 e. The van der Waals surface area contributed by atoms with Gasteiger partial charge in [-0.1, -0.05) is 49.5 Å². The third kappa shape index (κ3) is 5.94. The van der Waals surface area contributed by atoms with Gasteiger partial charge in [0.1, 0.15) is 10.8 Å². The third-order valence-corrected chi connectivity index (χ3v) is 6.70. The molecule has 0 unspecified atom stereocenters. The van der Waals surface area contributed by atoms with Crippen LogP contribution in [0.4, 0.5) is 15.8 Å². The van der Waals surface area contributed by atoms with Crippen LogP contribution in [0.15, 0.2) is 66.7 Å². The van der Waals surface area contributed by atoms with Crippen molar-refractivity contribution in [3.8, 4) is 11.5 Å². The summed E-state index contributed by atoms with van der Waals surface area (Å²) in [6.45, 7) is 4.63. The summed E-state index contributed by atoms with van der Waals surface area (Å²) >= 11 is 5.75. The van der Waals surface area contributed by atoms with E-state index in [0.29, 0.717) is 48.4 Å². The maximum absolute atomic E-state index is 14.1. The van der Waals surface area contributed by atoms with Crippen molar-refractivity contribution < 1.29 is 18.7 Å². The zero-order chi connectivity index (χ0) is 25.5. The number of ether oxygens (including phenoxy) is 2. The van der Waals surface area contributed by atoms with E-state index in [4.69, 9.17) is 21.7 Å². The number of carbonyl (C=O) groups excluding carboxylic acids is 1. The quantitative estimate of drug-likeness (QED) is 0.437. The zero-order valence-corrected chi connectivity index (χ0v) is 21.3. The molecule has 1 fully saturated rings. The molecule has 6 nitrogen and oxygen atoms in total. The summed E-state index contributed by atoms with van der Waals surface area (Å²) in [5.41, 5.74) is 3.30. The Morgan fingerprint density at radius 2 is 1.72 bits per heavy atom. The number of piperazine rings is 1. The molecule has 0 spiro atoms. The normalized spacial score (nSPS) is 13.3. The van der Waals surface area contributed by atoms with Gasteiger partial charge in [0.15, 0.2) is 18.1 Å². The van der Waals surface area contributed by atoms with Crippen molar-refractivity contribution in [2.45, 2.75) is 13.3 Å². The van der Waals surface area contributed by atoms with E-state index in [-0.39, 0.29) is 18.3 Å². The second-order valence-electron chi connectivity index (χ2n) is 8.44. The molecule has 188 valence electrons. The van der Waals surface area contributed by atoms with Crippen LogP contribution in [-0.2, 0) is 11.2 Å². The molecule has 36 heavy (non-hydrogen) atoms. The lowest BCUT2D eigenvalue weighted by Gasteiger charge is -2.37. The molecular weight excluding hydrogens is 477 g/mol. The highest BCUT2D eigenvalue weighted by Crippen LogP contribution is 2.29. The minimum atomic E-state index is -0.245. The number of para-hydroxylation sites is 2. The molecule has 0 aliphatic carbocycles. The number of thiocarbonyl (C=S) groups is 1. The summed E-state index contributed by atoms with van der Waals surface area (Å²) < 4.78 is 25.4. The van der Waals surface area contributed by atoms with Gasteiger partial charge in [-0.15, -0.1) is 0 Å². The molecule has 0 aromatic heterocycles. The van der Waals surface area contributed by atoms with Crippen LogP contribution >= 0.6 is 12.2 Å². The van der Waals surface area contributed by atoms with Crippen molar-refractivity contribution in [1.82, 2.24) is 4.90 Å². The lowest BCUT2D eigenvalue weighted by atomic mass is 10.1. The van der Waals surface area contributed by atoms with Crippen LogP contribution in [0.25, 0.3) is 0 Å². The minimum absolute atomic E-state index is 0.143. The summed E-state index contributed by atoms with van der Waals surface area (Å²) in [4.78, 5) is 17.3. The van der Waals surface area contributed by atoms with Crippen LogP contribution in [0, 0.1) is 5.82 Å². The van der Waals surface area contributed by atoms with Gasteiger partial charge in [-0.2, -0.15) is 0 Å². The predicted molar refractivity (Wildman–Crippen MR) is 145 cm³/mol. The van der Waals surface area contributed by atoms with E-state index >= 15 is 0 Å². The molecular formula is C28H30FN3O3S. The van der Waals surface area contributed by atoms with E-state index in [1.54, 1.807) is 25.3 Å². The van der Waals surface area contributed by atoms with Crippen molar-refractivity contribution in [1.29, 1.82) is 0 Å². The number of halogens is 1. The Bertz CT molecular complexity index is 1230. The molecule has 1 amide bonds. The average molecular weight is 508 g/mol. The van der Waals surface area contributed by atoms with Crippen LogP contribution < -0.4 is 19.7 Å². The molecule has 8 heteroatoms. The second-order valence-corrected chi connectivity index (χ2v) is 8.83. The molecule has 0 atom stereocenters. The molecule has 0 radical (unpaired) electrons. The Morgan fingerprint density at radius 1 is 1.00 bits per heavy atom. The van der Waals surface area contributed by atoms with E-state index in [1.807, 2.05) is 54.3 Å². The fraction of sp³-hybridized carbons (Fsp3) is 0.286. The number of hydrogen-bond donors (Lipinski definition) is 1. The summed E-state index contributed by atoms with van der Waals surface area (Å²) in [6, 6.07) is 20.0. The van der Waals surface area contributed by atoms with Gasteiger partial charge in [0.05, 0.1) is 12.8 Å². The summed E-state index contributed by atoms with van der Waals surface area (Å²) in [5.74, 6) is 0.510. The molecule has 1 N–H and O–H groups in total. The van der Waals surface area contributed by atoms with Gasteiger partial charge in [0.25, 0.3) is 5.91 Å². The standard InChI is InChI=1S/C28H30FN3O3S/c1-3-20-8-4-6-10-23(20)30-27(33)19-35-25-13-12-21(18-26(25)34-2)28(36)32-16-14-31(15-17-32)24-11-7-5-9-22(24)29/h4-13,18H,3,14-17,19H2,1-2H3,(H,30,33). The first-order valence-electron chi connectivity index (χ1n) is 12.0. The Kier molecular flexibility index (Phi) is 8.38. The van der Waals surface area contributed by atoms with Gasteiger partial charge in [0.2, 0.25) is 0 Å².